The molecule has 3 rings (SSSR count). The minimum absolute atomic E-state index is 0.179. The Kier molecular flexibility index (Phi) is 6.55. The third-order valence-corrected chi connectivity index (χ3v) is 4.61. The first kappa shape index (κ1) is 19.8. The van der Waals surface area contributed by atoms with E-state index in [1.54, 1.807) is 42.2 Å². The number of carbonyl (C=O) groups excluding carboxylic acids is 2. The van der Waals surface area contributed by atoms with Gasteiger partial charge in [0.1, 0.15) is 11.9 Å². The Bertz CT molecular complexity index is 861. The average molecular weight is 382 g/mol. The first-order valence-corrected chi connectivity index (χ1v) is 9.21. The maximum atomic E-state index is 13.9. The molecule has 5 nitrogen and oxygen atoms in total. The molecule has 0 spiro atoms. The summed E-state index contributed by atoms with van der Waals surface area (Å²) < 4.78 is 19.2. The number of benzene rings is 2. The quantitative estimate of drug-likeness (QED) is 0.809. The second-order valence-corrected chi connectivity index (χ2v) is 6.60. The topological polar surface area (TPSA) is 58.6 Å². The Hall–Kier alpha value is -2.99. The summed E-state index contributed by atoms with van der Waals surface area (Å²) in [5.74, 6) is -1.00. The van der Waals surface area contributed by atoms with Crippen molar-refractivity contribution in [3.63, 3.8) is 0 Å². The minimum Gasteiger partial charge on any atom is -0.378 e. The lowest BCUT2D eigenvalue weighted by Gasteiger charge is -2.31. The molecule has 1 aliphatic rings. The van der Waals surface area contributed by atoms with Crippen LogP contribution in [-0.2, 0) is 14.3 Å². The Morgan fingerprint density at radius 2 is 1.71 bits per heavy atom. The van der Waals surface area contributed by atoms with Crippen molar-refractivity contribution in [1.29, 1.82) is 0 Å². The van der Waals surface area contributed by atoms with Crippen molar-refractivity contribution >= 4 is 17.9 Å². The molecule has 2 aromatic carbocycles. The van der Waals surface area contributed by atoms with E-state index < -0.39 is 17.8 Å². The Morgan fingerprint density at radius 1 is 1.07 bits per heavy atom. The Morgan fingerprint density at radius 3 is 2.39 bits per heavy atom. The Balaban J connectivity index is 1.81. The third-order valence-electron chi connectivity index (χ3n) is 4.61. The molecule has 1 aliphatic heterocycles. The number of amides is 2. The molecule has 1 N–H and O–H groups in total. The molecule has 0 radical (unpaired) electrons. The fourth-order valence-corrected chi connectivity index (χ4v) is 3.04. The van der Waals surface area contributed by atoms with Crippen LogP contribution in [0.15, 0.2) is 60.2 Å². The van der Waals surface area contributed by atoms with Gasteiger partial charge in [-0.1, -0.05) is 48.5 Å². The highest BCUT2D eigenvalue weighted by Gasteiger charge is 2.28. The van der Waals surface area contributed by atoms with Crippen LogP contribution in [-0.4, -0.2) is 43.0 Å². The first-order chi connectivity index (χ1) is 13.6. The molecule has 2 aromatic rings. The summed E-state index contributed by atoms with van der Waals surface area (Å²) in [7, 11) is 0. The minimum atomic E-state index is -0.809. The molecule has 1 saturated heterocycles. The Labute approximate surface area is 163 Å². The van der Waals surface area contributed by atoms with Crippen LogP contribution in [0.2, 0.25) is 0 Å². The van der Waals surface area contributed by atoms with Gasteiger partial charge in [0.25, 0.3) is 0 Å². The summed E-state index contributed by atoms with van der Waals surface area (Å²) in [6.07, 6.45) is 1.48. The zero-order chi connectivity index (χ0) is 19.9. The van der Waals surface area contributed by atoms with Gasteiger partial charge >= 0.3 is 0 Å². The zero-order valence-electron chi connectivity index (χ0n) is 15.7. The standard InChI is InChI=1S/C22H23FN2O3/c1-16(15-18-9-5-6-10-19(18)23)21(26)24-20(17-7-3-2-4-8-17)22(27)25-11-13-28-14-12-25/h2-10,15,20H,11-14H2,1H3,(H,24,26)/b16-15+/t20-/m0/s1. The monoisotopic (exact) mass is 382 g/mol. The van der Waals surface area contributed by atoms with Gasteiger partial charge in [-0.05, 0) is 24.6 Å². The molecule has 1 fully saturated rings. The van der Waals surface area contributed by atoms with Crippen LogP contribution in [0.3, 0.4) is 0 Å². The molecule has 146 valence electrons. The number of hydrogen-bond donors (Lipinski definition) is 1. The van der Waals surface area contributed by atoms with Crippen molar-refractivity contribution in [2.75, 3.05) is 26.3 Å². The first-order valence-electron chi connectivity index (χ1n) is 9.21. The van der Waals surface area contributed by atoms with Gasteiger partial charge < -0.3 is 15.0 Å². The highest BCUT2D eigenvalue weighted by molar-refractivity contribution is 6.00. The molecule has 2 amide bonds. The van der Waals surface area contributed by atoms with Crippen LogP contribution in [0.5, 0.6) is 0 Å². The van der Waals surface area contributed by atoms with Crippen LogP contribution in [0.1, 0.15) is 24.1 Å². The second kappa shape index (κ2) is 9.28. The van der Waals surface area contributed by atoms with Gasteiger partial charge in [0, 0.05) is 24.2 Å². The largest absolute Gasteiger partial charge is 0.378 e. The summed E-state index contributed by atoms with van der Waals surface area (Å²) in [6.45, 7) is 3.54. The summed E-state index contributed by atoms with van der Waals surface area (Å²) in [6, 6.07) is 14.5. The van der Waals surface area contributed by atoms with Gasteiger partial charge in [-0.15, -0.1) is 0 Å². The summed E-state index contributed by atoms with van der Waals surface area (Å²) in [4.78, 5) is 27.5. The SMILES string of the molecule is C/C(=C\c1ccccc1F)C(=O)N[C@H](C(=O)N1CCOCC1)c1ccccc1. The number of rotatable bonds is 5. The number of nitrogens with zero attached hydrogens (tertiary/aromatic N) is 1. The van der Waals surface area contributed by atoms with Gasteiger partial charge in [0.15, 0.2) is 0 Å². The van der Waals surface area contributed by atoms with Gasteiger partial charge in [-0.25, -0.2) is 4.39 Å². The highest BCUT2D eigenvalue weighted by Crippen LogP contribution is 2.18. The molecule has 0 aliphatic carbocycles. The maximum absolute atomic E-state index is 13.9. The van der Waals surface area contributed by atoms with Crippen LogP contribution in [0.25, 0.3) is 6.08 Å². The fourth-order valence-electron chi connectivity index (χ4n) is 3.04. The number of ether oxygens (including phenoxy) is 1. The van der Waals surface area contributed by atoms with Crippen molar-refractivity contribution in [3.8, 4) is 0 Å². The fraction of sp³-hybridized carbons (Fsp3) is 0.273. The van der Waals surface area contributed by atoms with Crippen LogP contribution in [0.4, 0.5) is 4.39 Å². The number of carbonyl (C=O) groups is 2. The average Bonchev–Trinajstić information content (AvgIpc) is 2.74. The van der Waals surface area contributed by atoms with Crippen molar-refractivity contribution in [2.45, 2.75) is 13.0 Å². The molecule has 0 bridgehead atoms. The van der Waals surface area contributed by atoms with E-state index in [1.807, 2.05) is 18.2 Å². The van der Waals surface area contributed by atoms with E-state index in [4.69, 9.17) is 4.74 Å². The molecular formula is C22H23FN2O3. The summed E-state index contributed by atoms with van der Waals surface area (Å²) >= 11 is 0. The van der Waals surface area contributed by atoms with E-state index >= 15 is 0 Å². The van der Waals surface area contributed by atoms with Crippen LogP contribution in [0, 0.1) is 5.82 Å². The predicted octanol–water partition coefficient (Wildman–Crippen LogP) is 2.95. The summed E-state index contributed by atoms with van der Waals surface area (Å²) in [5, 5.41) is 2.81. The molecule has 28 heavy (non-hydrogen) atoms. The van der Waals surface area contributed by atoms with E-state index in [9.17, 15) is 14.0 Å². The number of morpholine rings is 1. The van der Waals surface area contributed by atoms with Crippen molar-refractivity contribution in [3.05, 3.63) is 77.1 Å². The van der Waals surface area contributed by atoms with E-state index in [1.165, 1.54) is 12.1 Å². The van der Waals surface area contributed by atoms with Crippen LogP contribution >= 0.6 is 0 Å². The van der Waals surface area contributed by atoms with E-state index in [0.717, 1.165) is 0 Å². The van der Waals surface area contributed by atoms with E-state index in [-0.39, 0.29) is 5.91 Å². The lowest BCUT2D eigenvalue weighted by Crippen LogP contribution is -2.47. The summed E-state index contributed by atoms with van der Waals surface area (Å²) in [5.41, 5.74) is 1.35. The third kappa shape index (κ3) is 4.84. The molecule has 1 atom stereocenters. The molecule has 6 heteroatoms. The predicted molar refractivity (Wildman–Crippen MR) is 105 cm³/mol. The zero-order valence-corrected chi connectivity index (χ0v) is 15.7. The van der Waals surface area contributed by atoms with Gasteiger partial charge in [-0.2, -0.15) is 0 Å². The van der Waals surface area contributed by atoms with Crippen molar-refractivity contribution < 1.29 is 18.7 Å². The molecule has 0 saturated carbocycles. The van der Waals surface area contributed by atoms with E-state index in [0.29, 0.717) is 43.0 Å². The number of hydrogen-bond acceptors (Lipinski definition) is 3. The van der Waals surface area contributed by atoms with E-state index in [2.05, 4.69) is 5.32 Å². The molecule has 0 aromatic heterocycles. The van der Waals surface area contributed by atoms with Crippen molar-refractivity contribution in [1.82, 2.24) is 10.2 Å². The number of nitrogens with one attached hydrogen (secondary N) is 1. The van der Waals surface area contributed by atoms with Crippen LogP contribution < -0.4 is 5.32 Å². The molecule has 0 unspecified atom stereocenters. The number of halogens is 1. The van der Waals surface area contributed by atoms with Gasteiger partial charge in [-0.3, -0.25) is 9.59 Å². The molecular weight excluding hydrogens is 359 g/mol. The second-order valence-electron chi connectivity index (χ2n) is 6.60. The lowest BCUT2D eigenvalue weighted by atomic mass is 10.0. The van der Waals surface area contributed by atoms with Gasteiger partial charge in [0.2, 0.25) is 11.8 Å². The lowest BCUT2D eigenvalue weighted by molar-refractivity contribution is -0.139. The maximum Gasteiger partial charge on any atom is 0.249 e. The smallest absolute Gasteiger partial charge is 0.249 e. The van der Waals surface area contributed by atoms with Gasteiger partial charge in [0.05, 0.1) is 13.2 Å². The molecule has 1 heterocycles. The highest BCUT2D eigenvalue weighted by atomic mass is 19.1. The van der Waals surface area contributed by atoms with Crippen molar-refractivity contribution in [2.24, 2.45) is 0 Å². The normalized spacial score (nSPS) is 15.8.